The third-order valence-electron chi connectivity index (χ3n) is 0.638. The van der Waals surface area contributed by atoms with Crippen LogP contribution >= 0.6 is 0 Å². The number of carbonyl (C=O) groups is 1. The summed E-state index contributed by atoms with van der Waals surface area (Å²) < 4.78 is 23.6. The van der Waals surface area contributed by atoms with Gasteiger partial charge in [0.25, 0.3) is 5.91 Å². The summed E-state index contributed by atoms with van der Waals surface area (Å²) in [5, 5.41) is 9.49. The Hall–Kier alpha value is -0.710. The third kappa shape index (κ3) is 2.97. The molecule has 0 aromatic carbocycles. The van der Waals surface area contributed by atoms with Crippen LogP contribution in [0.2, 0.25) is 0 Å². The highest BCUT2D eigenvalue weighted by Gasteiger charge is 2.31. The number of alkyl halides is 2. The fraction of sp³-hybridized carbons (Fsp3) is 0.750. The van der Waals surface area contributed by atoms with Crippen LogP contribution in [0, 0.1) is 0 Å². The Balaban J connectivity index is 3.74. The van der Waals surface area contributed by atoms with E-state index in [1.54, 1.807) is 5.32 Å². The van der Waals surface area contributed by atoms with E-state index in [2.05, 4.69) is 0 Å². The Kier molecular flexibility index (Phi) is 2.51. The van der Waals surface area contributed by atoms with Crippen LogP contribution in [0.5, 0.6) is 0 Å². The Labute approximate surface area is 50.7 Å². The molecule has 54 valence electrons. The Bertz CT molecular complexity index is 110. The summed E-state index contributed by atoms with van der Waals surface area (Å²) in [5.74, 6) is -4.87. The average molecular weight is 139 g/mol. The predicted octanol–water partition coefficient (Wildman–Crippen LogP) is -0.292. The maximum atomic E-state index is 11.8. The van der Waals surface area contributed by atoms with E-state index in [9.17, 15) is 13.6 Å². The molecule has 0 radical (unpaired) electrons. The SMILES string of the molecule is CC(F)(F)C(=O)NCO. The van der Waals surface area contributed by atoms with Gasteiger partial charge in [0.1, 0.15) is 6.73 Å². The summed E-state index contributed by atoms with van der Waals surface area (Å²) in [6, 6.07) is 0. The number of amides is 1. The van der Waals surface area contributed by atoms with E-state index >= 15 is 0 Å². The topological polar surface area (TPSA) is 49.3 Å². The molecule has 0 rings (SSSR count). The van der Waals surface area contributed by atoms with Crippen molar-refractivity contribution in [3.05, 3.63) is 0 Å². The lowest BCUT2D eigenvalue weighted by Gasteiger charge is -2.07. The molecule has 0 aliphatic carbocycles. The highest BCUT2D eigenvalue weighted by molar-refractivity contribution is 5.82. The lowest BCUT2D eigenvalue weighted by molar-refractivity contribution is -0.144. The molecular formula is C4H7F2NO2. The Morgan fingerprint density at radius 1 is 1.78 bits per heavy atom. The molecule has 0 spiro atoms. The summed E-state index contributed by atoms with van der Waals surface area (Å²) >= 11 is 0. The van der Waals surface area contributed by atoms with E-state index in [0.717, 1.165) is 0 Å². The van der Waals surface area contributed by atoms with Crippen molar-refractivity contribution in [2.75, 3.05) is 6.73 Å². The first-order valence-electron chi connectivity index (χ1n) is 2.25. The molecule has 5 heteroatoms. The number of nitrogens with one attached hydrogen (secondary N) is 1. The molecule has 2 N–H and O–H groups in total. The minimum atomic E-state index is -3.40. The largest absolute Gasteiger partial charge is 0.376 e. The van der Waals surface area contributed by atoms with Crippen LogP contribution in [0.25, 0.3) is 0 Å². The second kappa shape index (κ2) is 2.72. The minimum Gasteiger partial charge on any atom is -0.376 e. The van der Waals surface area contributed by atoms with Crippen LogP contribution in [0.15, 0.2) is 0 Å². The van der Waals surface area contributed by atoms with Gasteiger partial charge < -0.3 is 10.4 Å². The Morgan fingerprint density at radius 2 is 2.22 bits per heavy atom. The smallest absolute Gasteiger partial charge is 0.321 e. The van der Waals surface area contributed by atoms with Gasteiger partial charge in [-0.25, -0.2) is 0 Å². The standard InChI is InChI=1S/C4H7F2NO2/c1-4(5,6)3(9)7-2-8/h8H,2H2,1H3,(H,7,9). The van der Waals surface area contributed by atoms with E-state index in [1.807, 2.05) is 0 Å². The zero-order valence-electron chi connectivity index (χ0n) is 4.82. The zero-order valence-corrected chi connectivity index (χ0v) is 4.82. The number of rotatable bonds is 2. The van der Waals surface area contributed by atoms with Gasteiger partial charge in [0.05, 0.1) is 0 Å². The zero-order chi connectivity index (χ0) is 7.49. The van der Waals surface area contributed by atoms with Crippen molar-refractivity contribution >= 4 is 5.91 Å². The fourth-order valence-electron chi connectivity index (χ4n) is 0.227. The highest BCUT2D eigenvalue weighted by atomic mass is 19.3. The summed E-state index contributed by atoms with van der Waals surface area (Å²) in [4.78, 5) is 10.0. The molecule has 0 unspecified atom stereocenters. The van der Waals surface area contributed by atoms with Crippen molar-refractivity contribution in [2.24, 2.45) is 0 Å². The van der Waals surface area contributed by atoms with Gasteiger partial charge in [-0.2, -0.15) is 8.78 Å². The van der Waals surface area contributed by atoms with Crippen LogP contribution in [0.1, 0.15) is 6.92 Å². The van der Waals surface area contributed by atoms with Gasteiger partial charge in [-0.05, 0) is 0 Å². The first kappa shape index (κ1) is 8.29. The third-order valence-corrected chi connectivity index (χ3v) is 0.638. The molecule has 0 aromatic heterocycles. The maximum absolute atomic E-state index is 11.8. The summed E-state index contributed by atoms with van der Waals surface area (Å²) in [7, 11) is 0. The van der Waals surface area contributed by atoms with Crippen molar-refractivity contribution < 1.29 is 18.7 Å². The molecule has 1 amide bonds. The molecule has 0 heterocycles. The van der Waals surface area contributed by atoms with Crippen molar-refractivity contribution in [2.45, 2.75) is 12.8 Å². The van der Waals surface area contributed by atoms with Crippen LogP contribution in [0.3, 0.4) is 0 Å². The average Bonchev–Trinajstić information content (AvgIpc) is 1.64. The molecule has 3 nitrogen and oxygen atoms in total. The predicted molar refractivity (Wildman–Crippen MR) is 25.8 cm³/mol. The van der Waals surface area contributed by atoms with E-state index < -0.39 is 18.6 Å². The number of hydrogen-bond acceptors (Lipinski definition) is 2. The van der Waals surface area contributed by atoms with Gasteiger partial charge in [0, 0.05) is 6.92 Å². The normalized spacial score (nSPS) is 11.1. The molecule has 9 heavy (non-hydrogen) atoms. The second-order valence-corrected chi connectivity index (χ2v) is 1.55. The molecule has 0 aliphatic heterocycles. The molecule has 0 atom stereocenters. The van der Waals surface area contributed by atoms with E-state index in [0.29, 0.717) is 6.92 Å². The lowest BCUT2D eigenvalue weighted by Crippen LogP contribution is -2.38. The number of halogens is 2. The monoisotopic (exact) mass is 139 g/mol. The quantitative estimate of drug-likeness (QED) is 0.516. The van der Waals surface area contributed by atoms with Gasteiger partial charge in [-0.15, -0.1) is 0 Å². The van der Waals surface area contributed by atoms with Crippen LogP contribution < -0.4 is 5.32 Å². The molecule has 0 bridgehead atoms. The Morgan fingerprint density at radius 3 is 2.33 bits per heavy atom. The molecule has 0 aliphatic rings. The van der Waals surface area contributed by atoms with Crippen molar-refractivity contribution in [3.8, 4) is 0 Å². The van der Waals surface area contributed by atoms with Gasteiger partial charge in [-0.1, -0.05) is 0 Å². The molecule has 0 aromatic rings. The van der Waals surface area contributed by atoms with E-state index in [1.165, 1.54) is 0 Å². The van der Waals surface area contributed by atoms with Gasteiger partial charge in [0.15, 0.2) is 0 Å². The van der Waals surface area contributed by atoms with E-state index in [4.69, 9.17) is 5.11 Å². The van der Waals surface area contributed by atoms with E-state index in [-0.39, 0.29) is 0 Å². The fourth-order valence-corrected chi connectivity index (χ4v) is 0.227. The van der Waals surface area contributed by atoms with Crippen molar-refractivity contribution in [1.29, 1.82) is 0 Å². The van der Waals surface area contributed by atoms with Crippen LogP contribution in [-0.4, -0.2) is 23.7 Å². The second-order valence-electron chi connectivity index (χ2n) is 1.55. The molecule has 0 saturated heterocycles. The summed E-state index contributed by atoms with van der Waals surface area (Å²) in [5.41, 5.74) is 0. The van der Waals surface area contributed by atoms with Crippen LogP contribution in [0.4, 0.5) is 8.78 Å². The van der Waals surface area contributed by atoms with Crippen molar-refractivity contribution in [3.63, 3.8) is 0 Å². The molecule has 0 fully saturated rings. The lowest BCUT2D eigenvalue weighted by atomic mass is 10.4. The molecule has 0 saturated carbocycles. The number of aliphatic hydroxyl groups excluding tert-OH is 1. The first-order valence-corrected chi connectivity index (χ1v) is 2.25. The maximum Gasteiger partial charge on any atom is 0.321 e. The van der Waals surface area contributed by atoms with Crippen LogP contribution in [-0.2, 0) is 4.79 Å². The highest BCUT2D eigenvalue weighted by Crippen LogP contribution is 2.09. The summed E-state index contributed by atoms with van der Waals surface area (Å²) in [6.45, 7) is -0.305. The minimum absolute atomic E-state index is 0.456. The summed E-state index contributed by atoms with van der Waals surface area (Å²) in [6.07, 6.45) is 0. The van der Waals surface area contributed by atoms with Gasteiger partial charge in [0.2, 0.25) is 0 Å². The number of hydrogen-bond donors (Lipinski definition) is 2. The van der Waals surface area contributed by atoms with Gasteiger partial charge in [-0.3, -0.25) is 4.79 Å². The van der Waals surface area contributed by atoms with Gasteiger partial charge >= 0.3 is 5.92 Å². The van der Waals surface area contributed by atoms with Crippen molar-refractivity contribution in [1.82, 2.24) is 5.32 Å². The number of aliphatic hydroxyl groups is 1. The first-order chi connectivity index (χ1) is 3.98. The molecular weight excluding hydrogens is 132 g/mol. The number of carbonyl (C=O) groups excluding carboxylic acids is 1.